The van der Waals surface area contributed by atoms with Crippen molar-refractivity contribution >= 4 is 0 Å². The maximum Gasteiger partial charge on any atom is 0.124 e. The molecule has 0 saturated carbocycles. The molecule has 18 heavy (non-hydrogen) atoms. The van der Waals surface area contributed by atoms with Crippen LogP contribution < -0.4 is 10.1 Å². The van der Waals surface area contributed by atoms with E-state index < -0.39 is 0 Å². The number of hydrogen-bond acceptors (Lipinski definition) is 2. The summed E-state index contributed by atoms with van der Waals surface area (Å²) in [6.45, 7) is 9.95. The van der Waals surface area contributed by atoms with E-state index in [1.807, 2.05) is 6.92 Å². The molecule has 3 heteroatoms. The second-order valence-electron chi connectivity index (χ2n) is 5.11. The molecule has 0 aliphatic heterocycles. The third-order valence-corrected chi connectivity index (χ3v) is 2.79. The lowest BCUT2D eigenvalue weighted by Gasteiger charge is -2.17. The van der Waals surface area contributed by atoms with Gasteiger partial charge >= 0.3 is 0 Å². The Morgan fingerprint density at radius 1 is 1.28 bits per heavy atom. The molecule has 2 nitrogen and oxygen atoms in total. The van der Waals surface area contributed by atoms with E-state index in [1.165, 1.54) is 6.07 Å². The third kappa shape index (κ3) is 5.05. The summed E-state index contributed by atoms with van der Waals surface area (Å²) in [4.78, 5) is 0. The molecule has 0 heterocycles. The summed E-state index contributed by atoms with van der Waals surface area (Å²) in [6.07, 6.45) is 1.09. The maximum absolute atomic E-state index is 13.3. The Morgan fingerprint density at radius 3 is 2.61 bits per heavy atom. The van der Waals surface area contributed by atoms with Crippen LogP contribution in [-0.4, -0.2) is 12.6 Å². The van der Waals surface area contributed by atoms with Gasteiger partial charge in [-0.25, -0.2) is 4.39 Å². The van der Waals surface area contributed by atoms with Crippen LogP contribution in [0.15, 0.2) is 18.2 Å². The Balaban J connectivity index is 2.70. The standard InChI is InChI=1S/C15H24FNO/c1-5-12(4)18-15-7-6-14(16)8-13(15)10-17-9-11(2)3/h6-8,11-12,17H,5,9-10H2,1-4H3. The number of hydrogen-bond donors (Lipinski definition) is 1. The van der Waals surface area contributed by atoms with Crippen LogP contribution in [0.25, 0.3) is 0 Å². The van der Waals surface area contributed by atoms with Gasteiger partial charge in [0.25, 0.3) is 0 Å². The van der Waals surface area contributed by atoms with Gasteiger partial charge in [0.1, 0.15) is 11.6 Å². The van der Waals surface area contributed by atoms with E-state index in [-0.39, 0.29) is 11.9 Å². The van der Waals surface area contributed by atoms with E-state index in [0.29, 0.717) is 12.5 Å². The van der Waals surface area contributed by atoms with Crippen molar-refractivity contribution < 1.29 is 9.13 Å². The summed E-state index contributed by atoms with van der Waals surface area (Å²) in [5.41, 5.74) is 0.885. The zero-order valence-electron chi connectivity index (χ0n) is 11.8. The number of rotatable bonds is 7. The molecule has 1 rings (SSSR count). The average molecular weight is 253 g/mol. The monoisotopic (exact) mass is 253 g/mol. The topological polar surface area (TPSA) is 21.3 Å². The molecule has 0 fully saturated rings. The predicted molar refractivity (Wildman–Crippen MR) is 73.3 cm³/mol. The fraction of sp³-hybridized carbons (Fsp3) is 0.600. The van der Waals surface area contributed by atoms with E-state index in [2.05, 4.69) is 26.1 Å². The first kappa shape index (κ1) is 15.0. The fourth-order valence-corrected chi connectivity index (χ4v) is 1.60. The van der Waals surface area contributed by atoms with E-state index >= 15 is 0 Å². The van der Waals surface area contributed by atoms with Crippen LogP contribution in [0.2, 0.25) is 0 Å². The van der Waals surface area contributed by atoms with Crippen molar-refractivity contribution in [3.8, 4) is 5.75 Å². The second kappa shape index (κ2) is 7.37. The number of ether oxygens (including phenoxy) is 1. The molecule has 0 aromatic heterocycles. The molecule has 1 aromatic rings. The summed E-state index contributed by atoms with van der Waals surface area (Å²) in [5.74, 6) is 1.15. The zero-order chi connectivity index (χ0) is 13.5. The summed E-state index contributed by atoms with van der Waals surface area (Å²) < 4.78 is 19.1. The minimum atomic E-state index is -0.215. The van der Waals surface area contributed by atoms with Crippen LogP contribution in [0, 0.1) is 11.7 Å². The molecule has 0 saturated heterocycles. The first-order chi connectivity index (χ1) is 8.52. The Hall–Kier alpha value is -1.09. The van der Waals surface area contributed by atoms with E-state index in [9.17, 15) is 4.39 Å². The SMILES string of the molecule is CCC(C)Oc1ccc(F)cc1CNCC(C)C. The molecule has 0 amide bonds. The van der Waals surface area contributed by atoms with Crippen molar-refractivity contribution in [3.05, 3.63) is 29.6 Å². The molecule has 102 valence electrons. The Morgan fingerprint density at radius 2 is 2.00 bits per heavy atom. The normalized spacial score (nSPS) is 12.8. The zero-order valence-corrected chi connectivity index (χ0v) is 11.8. The van der Waals surface area contributed by atoms with E-state index in [4.69, 9.17) is 4.74 Å². The van der Waals surface area contributed by atoms with Gasteiger partial charge in [0, 0.05) is 12.1 Å². The van der Waals surface area contributed by atoms with Crippen LogP contribution >= 0.6 is 0 Å². The van der Waals surface area contributed by atoms with Gasteiger partial charge in [-0.1, -0.05) is 20.8 Å². The first-order valence-corrected chi connectivity index (χ1v) is 6.68. The molecular weight excluding hydrogens is 229 g/mol. The van der Waals surface area contributed by atoms with Gasteiger partial charge in [0.15, 0.2) is 0 Å². The number of benzene rings is 1. The molecule has 1 atom stereocenters. The van der Waals surface area contributed by atoms with Crippen molar-refractivity contribution in [2.45, 2.75) is 46.8 Å². The van der Waals surface area contributed by atoms with Crippen LogP contribution in [0.3, 0.4) is 0 Å². The van der Waals surface area contributed by atoms with Gasteiger partial charge in [0.2, 0.25) is 0 Å². The van der Waals surface area contributed by atoms with Crippen LogP contribution in [-0.2, 0) is 6.54 Å². The quantitative estimate of drug-likeness (QED) is 0.799. The van der Waals surface area contributed by atoms with Gasteiger partial charge in [-0.2, -0.15) is 0 Å². The van der Waals surface area contributed by atoms with Crippen LogP contribution in [0.5, 0.6) is 5.75 Å². The minimum Gasteiger partial charge on any atom is -0.490 e. The van der Waals surface area contributed by atoms with Gasteiger partial charge in [0.05, 0.1) is 6.10 Å². The number of nitrogens with one attached hydrogen (secondary N) is 1. The predicted octanol–water partition coefficient (Wildman–Crippen LogP) is 3.75. The lowest BCUT2D eigenvalue weighted by Crippen LogP contribution is -2.20. The Bertz CT molecular complexity index is 366. The number of halogens is 1. The van der Waals surface area contributed by atoms with Gasteiger partial charge < -0.3 is 10.1 Å². The highest BCUT2D eigenvalue weighted by atomic mass is 19.1. The van der Waals surface area contributed by atoms with Crippen LogP contribution in [0.4, 0.5) is 4.39 Å². The highest BCUT2D eigenvalue weighted by Crippen LogP contribution is 2.21. The summed E-state index contributed by atoms with van der Waals surface area (Å²) >= 11 is 0. The highest BCUT2D eigenvalue weighted by molar-refractivity contribution is 5.34. The maximum atomic E-state index is 13.3. The lowest BCUT2D eigenvalue weighted by atomic mass is 10.1. The fourth-order valence-electron chi connectivity index (χ4n) is 1.60. The van der Waals surface area contributed by atoms with Crippen molar-refractivity contribution in [1.82, 2.24) is 5.32 Å². The molecule has 1 N–H and O–H groups in total. The van der Waals surface area contributed by atoms with Gasteiger partial charge in [-0.05, 0) is 44.0 Å². The van der Waals surface area contributed by atoms with Crippen molar-refractivity contribution in [2.24, 2.45) is 5.92 Å². The second-order valence-corrected chi connectivity index (χ2v) is 5.11. The first-order valence-electron chi connectivity index (χ1n) is 6.68. The lowest BCUT2D eigenvalue weighted by molar-refractivity contribution is 0.214. The molecule has 1 aromatic carbocycles. The molecule has 1 unspecified atom stereocenters. The third-order valence-electron chi connectivity index (χ3n) is 2.79. The molecule has 0 spiro atoms. The van der Waals surface area contributed by atoms with Crippen molar-refractivity contribution in [2.75, 3.05) is 6.54 Å². The molecule has 0 aliphatic carbocycles. The largest absolute Gasteiger partial charge is 0.490 e. The highest BCUT2D eigenvalue weighted by Gasteiger charge is 2.08. The smallest absolute Gasteiger partial charge is 0.124 e. The average Bonchev–Trinajstić information content (AvgIpc) is 2.31. The Kier molecular flexibility index (Phi) is 6.13. The van der Waals surface area contributed by atoms with Crippen molar-refractivity contribution in [1.29, 1.82) is 0 Å². The summed E-state index contributed by atoms with van der Waals surface area (Å²) in [5, 5.41) is 3.31. The van der Waals surface area contributed by atoms with E-state index in [1.54, 1.807) is 12.1 Å². The molecule has 0 radical (unpaired) electrons. The molecule has 0 aliphatic rings. The van der Waals surface area contributed by atoms with Crippen molar-refractivity contribution in [3.63, 3.8) is 0 Å². The van der Waals surface area contributed by atoms with Gasteiger partial charge in [-0.3, -0.25) is 0 Å². The van der Waals surface area contributed by atoms with Gasteiger partial charge in [-0.15, -0.1) is 0 Å². The molecule has 0 bridgehead atoms. The summed E-state index contributed by atoms with van der Waals surface area (Å²) in [6, 6.07) is 4.71. The molecular formula is C15H24FNO. The van der Waals surface area contributed by atoms with E-state index in [0.717, 1.165) is 24.3 Å². The minimum absolute atomic E-state index is 0.152. The summed E-state index contributed by atoms with van der Waals surface area (Å²) in [7, 11) is 0. The Labute approximate surface area is 110 Å². The van der Waals surface area contributed by atoms with Crippen LogP contribution in [0.1, 0.15) is 39.7 Å².